The van der Waals surface area contributed by atoms with E-state index in [-0.39, 0.29) is 0 Å². The number of aromatic nitrogens is 2. The van der Waals surface area contributed by atoms with Crippen LogP contribution in [0.4, 0.5) is 0 Å². The summed E-state index contributed by atoms with van der Waals surface area (Å²) in [7, 11) is 2.25. The molecule has 0 spiro atoms. The van der Waals surface area contributed by atoms with Gasteiger partial charge in [-0.2, -0.15) is 28.6 Å². The number of thioether (sulfide) groups is 2. The second-order valence-electron chi connectivity index (χ2n) is 5.34. The van der Waals surface area contributed by atoms with Crippen molar-refractivity contribution in [3.63, 3.8) is 0 Å². The molecule has 2 aromatic rings. The van der Waals surface area contributed by atoms with Crippen LogP contribution in [0.15, 0.2) is 42.7 Å². The van der Waals surface area contributed by atoms with Crippen LogP contribution in [0, 0.1) is 0 Å². The summed E-state index contributed by atoms with van der Waals surface area (Å²) < 4.78 is 1.89. The summed E-state index contributed by atoms with van der Waals surface area (Å²) in [6, 6.07) is 11.4. The third kappa shape index (κ3) is 4.05. The molecule has 0 amide bonds. The molecule has 1 aliphatic heterocycles. The molecule has 3 rings (SSSR count). The van der Waals surface area contributed by atoms with Crippen LogP contribution >= 0.6 is 23.5 Å². The molecule has 21 heavy (non-hydrogen) atoms. The molecule has 0 bridgehead atoms. The van der Waals surface area contributed by atoms with Gasteiger partial charge in [-0.15, -0.1) is 0 Å². The highest BCUT2D eigenvalue weighted by molar-refractivity contribution is 8.03. The normalized spacial score (nSPS) is 17.0. The predicted octanol–water partition coefficient (Wildman–Crippen LogP) is 3.15. The minimum absolute atomic E-state index is 0.688. The third-order valence-corrected chi connectivity index (χ3v) is 6.24. The van der Waals surface area contributed by atoms with E-state index < -0.39 is 0 Å². The van der Waals surface area contributed by atoms with Gasteiger partial charge in [0.1, 0.15) is 0 Å². The molecule has 2 heterocycles. The molecular weight excluding hydrogens is 298 g/mol. The van der Waals surface area contributed by atoms with Crippen molar-refractivity contribution in [2.24, 2.45) is 0 Å². The van der Waals surface area contributed by atoms with E-state index in [1.807, 2.05) is 23.1 Å². The van der Waals surface area contributed by atoms with Crippen molar-refractivity contribution in [3.05, 3.63) is 48.3 Å². The quantitative estimate of drug-likeness (QED) is 0.862. The van der Waals surface area contributed by atoms with Crippen molar-refractivity contribution in [2.75, 3.05) is 30.1 Å². The van der Waals surface area contributed by atoms with Gasteiger partial charge in [-0.25, -0.2) is 4.68 Å². The predicted molar refractivity (Wildman–Crippen MR) is 93.5 cm³/mol. The van der Waals surface area contributed by atoms with Gasteiger partial charge in [-0.1, -0.05) is 12.1 Å². The van der Waals surface area contributed by atoms with Gasteiger partial charge in [0, 0.05) is 48.0 Å². The van der Waals surface area contributed by atoms with Crippen molar-refractivity contribution in [3.8, 4) is 5.69 Å². The van der Waals surface area contributed by atoms with E-state index in [0.29, 0.717) is 6.04 Å². The number of benzene rings is 1. The molecule has 1 fully saturated rings. The summed E-state index contributed by atoms with van der Waals surface area (Å²) in [5, 5.41) is 4.26. The van der Waals surface area contributed by atoms with Gasteiger partial charge in [0.15, 0.2) is 0 Å². The Labute approximate surface area is 135 Å². The second-order valence-corrected chi connectivity index (χ2v) is 7.64. The first kappa shape index (κ1) is 15.0. The summed E-state index contributed by atoms with van der Waals surface area (Å²) in [6.45, 7) is 1.02. The fourth-order valence-corrected chi connectivity index (χ4v) is 5.17. The minimum atomic E-state index is 0.688. The number of rotatable bonds is 4. The summed E-state index contributed by atoms with van der Waals surface area (Å²) in [5.41, 5.74) is 2.49. The van der Waals surface area contributed by atoms with Gasteiger partial charge in [-0.3, -0.25) is 4.90 Å². The van der Waals surface area contributed by atoms with Gasteiger partial charge in [0.05, 0.1) is 5.69 Å². The van der Waals surface area contributed by atoms with Crippen LogP contribution < -0.4 is 0 Å². The zero-order chi connectivity index (χ0) is 14.5. The SMILES string of the molecule is CN(Cc1ccc(-n2cccn2)cc1)C1CSCCSC1. The molecule has 1 saturated heterocycles. The fourth-order valence-electron chi connectivity index (χ4n) is 2.45. The molecule has 0 unspecified atom stereocenters. The van der Waals surface area contributed by atoms with Crippen molar-refractivity contribution in [2.45, 2.75) is 12.6 Å². The van der Waals surface area contributed by atoms with Gasteiger partial charge in [0.2, 0.25) is 0 Å². The Morgan fingerprint density at radius 3 is 2.52 bits per heavy atom. The Hall–Kier alpha value is -0.910. The van der Waals surface area contributed by atoms with Crippen molar-refractivity contribution >= 4 is 23.5 Å². The Bertz CT molecular complexity index is 531. The summed E-state index contributed by atoms with van der Waals surface area (Å²) in [6.07, 6.45) is 3.78. The lowest BCUT2D eigenvalue weighted by Crippen LogP contribution is -2.34. The first-order valence-electron chi connectivity index (χ1n) is 7.27. The highest BCUT2D eigenvalue weighted by Crippen LogP contribution is 2.21. The average Bonchev–Trinajstić information content (AvgIpc) is 2.90. The smallest absolute Gasteiger partial charge is 0.0645 e. The van der Waals surface area contributed by atoms with Crippen LogP contribution in [-0.2, 0) is 6.54 Å². The highest BCUT2D eigenvalue weighted by atomic mass is 32.2. The van der Waals surface area contributed by atoms with Crippen molar-refractivity contribution in [1.82, 2.24) is 14.7 Å². The number of hydrogen-bond acceptors (Lipinski definition) is 4. The Morgan fingerprint density at radius 1 is 1.19 bits per heavy atom. The Balaban J connectivity index is 1.61. The van der Waals surface area contributed by atoms with E-state index in [0.717, 1.165) is 12.2 Å². The van der Waals surface area contributed by atoms with Gasteiger partial charge in [0.25, 0.3) is 0 Å². The van der Waals surface area contributed by atoms with Crippen LogP contribution in [0.5, 0.6) is 0 Å². The standard InChI is InChI=1S/C16H21N3S2/c1-18(16-12-20-9-10-21-13-16)11-14-3-5-15(6-4-14)19-8-2-7-17-19/h2-8,16H,9-13H2,1H3. The monoisotopic (exact) mass is 319 g/mol. The summed E-state index contributed by atoms with van der Waals surface area (Å²) in [4.78, 5) is 2.49. The van der Waals surface area contributed by atoms with Crippen molar-refractivity contribution in [1.29, 1.82) is 0 Å². The molecule has 3 nitrogen and oxygen atoms in total. The molecule has 0 radical (unpaired) electrons. The molecule has 1 aromatic carbocycles. The maximum Gasteiger partial charge on any atom is 0.0645 e. The molecule has 0 aliphatic carbocycles. The van der Waals surface area contributed by atoms with Crippen LogP contribution in [0.1, 0.15) is 5.56 Å². The van der Waals surface area contributed by atoms with Crippen LogP contribution in [-0.4, -0.2) is 50.8 Å². The first-order chi connectivity index (χ1) is 10.3. The molecule has 1 aromatic heterocycles. The zero-order valence-corrected chi connectivity index (χ0v) is 13.9. The molecule has 0 atom stereocenters. The summed E-state index contributed by atoms with van der Waals surface area (Å²) >= 11 is 4.18. The maximum absolute atomic E-state index is 4.26. The largest absolute Gasteiger partial charge is 0.298 e. The van der Waals surface area contributed by atoms with Crippen LogP contribution in [0.3, 0.4) is 0 Å². The molecule has 0 saturated carbocycles. The number of hydrogen-bond donors (Lipinski definition) is 0. The minimum Gasteiger partial charge on any atom is -0.298 e. The molecule has 5 heteroatoms. The average molecular weight is 319 g/mol. The van der Waals surface area contributed by atoms with Crippen molar-refractivity contribution < 1.29 is 0 Å². The number of nitrogens with zero attached hydrogens (tertiary/aromatic N) is 3. The van der Waals surface area contributed by atoms with Gasteiger partial charge < -0.3 is 0 Å². The van der Waals surface area contributed by atoms with Gasteiger partial charge >= 0.3 is 0 Å². The second kappa shape index (κ2) is 7.38. The lowest BCUT2D eigenvalue weighted by atomic mass is 10.2. The van der Waals surface area contributed by atoms with E-state index in [1.54, 1.807) is 0 Å². The highest BCUT2D eigenvalue weighted by Gasteiger charge is 2.17. The Morgan fingerprint density at radius 2 is 1.90 bits per heavy atom. The lowest BCUT2D eigenvalue weighted by Gasteiger charge is -2.26. The lowest BCUT2D eigenvalue weighted by molar-refractivity contribution is 0.274. The molecule has 1 aliphatic rings. The summed E-state index contributed by atoms with van der Waals surface area (Å²) in [5.74, 6) is 5.12. The fraction of sp³-hybridized carbons (Fsp3) is 0.438. The van der Waals surface area contributed by atoms with Crippen LogP contribution in [0.2, 0.25) is 0 Å². The zero-order valence-electron chi connectivity index (χ0n) is 12.3. The molecular formula is C16H21N3S2. The van der Waals surface area contributed by atoms with E-state index in [9.17, 15) is 0 Å². The molecule has 112 valence electrons. The maximum atomic E-state index is 4.26. The Kier molecular flexibility index (Phi) is 5.27. The first-order valence-corrected chi connectivity index (χ1v) is 9.58. The van der Waals surface area contributed by atoms with E-state index >= 15 is 0 Å². The van der Waals surface area contributed by atoms with E-state index in [1.165, 1.54) is 28.6 Å². The molecule has 0 N–H and O–H groups in total. The third-order valence-electron chi connectivity index (χ3n) is 3.75. The van der Waals surface area contributed by atoms with Crippen LogP contribution in [0.25, 0.3) is 5.69 Å². The topological polar surface area (TPSA) is 21.1 Å². The van der Waals surface area contributed by atoms with Gasteiger partial charge in [-0.05, 0) is 30.8 Å². The van der Waals surface area contributed by atoms with E-state index in [4.69, 9.17) is 0 Å². The van der Waals surface area contributed by atoms with E-state index in [2.05, 4.69) is 64.8 Å².